The van der Waals surface area contributed by atoms with E-state index in [0.29, 0.717) is 5.69 Å². The molecule has 1 saturated heterocycles. The molecule has 0 spiro atoms. The lowest BCUT2D eigenvalue weighted by atomic mass is 10.1. The summed E-state index contributed by atoms with van der Waals surface area (Å²) in [6.45, 7) is 3.40. The topological polar surface area (TPSA) is 101 Å². The summed E-state index contributed by atoms with van der Waals surface area (Å²) in [5.74, 6) is -0.531. The van der Waals surface area contributed by atoms with Gasteiger partial charge < -0.3 is 21.7 Å². The van der Waals surface area contributed by atoms with Gasteiger partial charge in [0.2, 0.25) is 5.91 Å². The van der Waals surface area contributed by atoms with Crippen molar-refractivity contribution in [1.29, 1.82) is 0 Å². The first-order chi connectivity index (χ1) is 9.50. The number of hydrogen-bond donors (Lipinski definition) is 3. The average molecular weight is 276 g/mol. The van der Waals surface area contributed by atoms with Gasteiger partial charge in [0.25, 0.3) is 5.91 Å². The van der Waals surface area contributed by atoms with Gasteiger partial charge >= 0.3 is 0 Å². The molecule has 0 bridgehead atoms. The molecule has 1 aliphatic heterocycles. The Kier molecular flexibility index (Phi) is 4.12. The number of carbonyl (C=O) groups is 2. The van der Waals surface area contributed by atoms with E-state index in [1.165, 1.54) is 0 Å². The van der Waals surface area contributed by atoms with Crippen molar-refractivity contribution >= 4 is 23.2 Å². The van der Waals surface area contributed by atoms with Crippen LogP contribution in [0, 0.1) is 0 Å². The maximum absolute atomic E-state index is 12.2. The number of nitrogen functional groups attached to an aromatic ring is 1. The molecule has 0 aromatic heterocycles. The number of nitrogens with one attached hydrogen (secondary N) is 1. The van der Waals surface area contributed by atoms with Crippen LogP contribution < -0.4 is 16.8 Å². The molecule has 1 aliphatic rings. The van der Waals surface area contributed by atoms with E-state index < -0.39 is 11.9 Å². The first kappa shape index (κ1) is 14.2. The fraction of sp³-hybridized carbons (Fsp3) is 0.429. The molecule has 2 rings (SSSR count). The van der Waals surface area contributed by atoms with Gasteiger partial charge in [0, 0.05) is 13.1 Å². The molecule has 0 aliphatic carbocycles. The van der Waals surface area contributed by atoms with Crippen molar-refractivity contribution in [3.63, 3.8) is 0 Å². The molecule has 5 N–H and O–H groups in total. The summed E-state index contributed by atoms with van der Waals surface area (Å²) in [6.07, 6.45) is 2.11. The van der Waals surface area contributed by atoms with Crippen molar-refractivity contribution in [3.05, 3.63) is 23.8 Å². The minimum absolute atomic E-state index is 0.0476. The molecule has 2 amide bonds. The van der Waals surface area contributed by atoms with Crippen LogP contribution >= 0.6 is 0 Å². The minimum atomic E-state index is -0.579. The van der Waals surface area contributed by atoms with E-state index in [2.05, 4.69) is 5.32 Å². The molecule has 1 aromatic carbocycles. The average Bonchev–Trinajstić information content (AvgIpc) is 2.93. The third-order valence-corrected chi connectivity index (χ3v) is 3.53. The number of primary amides is 1. The van der Waals surface area contributed by atoms with Crippen LogP contribution in [0.4, 0.5) is 11.4 Å². The smallest absolute Gasteiger partial charge is 0.250 e. The predicted octanol–water partition coefficient (Wildman–Crippen LogP) is 0.790. The number of para-hydroxylation sites is 1. The van der Waals surface area contributed by atoms with Crippen LogP contribution in [-0.4, -0.2) is 35.8 Å². The molecule has 0 radical (unpaired) electrons. The van der Waals surface area contributed by atoms with E-state index in [4.69, 9.17) is 11.5 Å². The second-order valence-corrected chi connectivity index (χ2v) is 5.03. The standard InChI is InChI=1S/C14H20N4O2/c1-9(14(20)18-7-2-3-8-18)17-11-6-4-5-10(12(11)15)13(16)19/h4-6,9,17H,2-3,7-8,15H2,1H3,(H2,16,19). The monoisotopic (exact) mass is 276 g/mol. The van der Waals surface area contributed by atoms with Gasteiger partial charge in [-0.05, 0) is 31.9 Å². The molecule has 6 nitrogen and oxygen atoms in total. The number of carbonyl (C=O) groups excluding carboxylic acids is 2. The number of hydrogen-bond acceptors (Lipinski definition) is 4. The predicted molar refractivity (Wildman–Crippen MR) is 78.3 cm³/mol. The molecule has 0 saturated carbocycles. The van der Waals surface area contributed by atoms with Gasteiger partial charge in [-0.15, -0.1) is 0 Å². The highest BCUT2D eigenvalue weighted by Crippen LogP contribution is 2.23. The maximum Gasteiger partial charge on any atom is 0.250 e. The number of nitrogens with zero attached hydrogens (tertiary/aromatic N) is 1. The lowest BCUT2D eigenvalue weighted by Gasteiger charge is -2.22. The summed E-state index contributed by atoms with van der Waals surface area (Å²) in [7, 11) is 0. The molecule has 1 fully saturated rings. The van der Waals surface area contributed by atoms with Gasteiger partial charge in [-0.3, -0.25) is 9.59 Å². The van der Waals surface area contributed by atoms with Crippen molar-refractivity contribution in [2.24, 2.45) is 5.73 Å². The molecule has 1 unspecified atom stereocenters. The SMILES string of the molecule is CC(Nc1cccc(C(N)=O)c1N)C(=O)N1CCCC1. The van der Waals surface area contributed by atoms with Crippen molar-refractivity contribution in [2.75, 3.05) is 24.1 Å². The highest BCUT2D eigenvalue weighted by atomic mass is 16.2. The zero-order valence-corrected chi connectivity index (χ0v) is 11.6. The summed E-state index contributed by atoms with van der Waals surface area (Å²) in [5, 5.41) is 3.06. The van der Waals surface area contributed by atoms with Crippen LogP contribution in [0.5, 0.6) is 0 Å². The highest BCUT2D eigenvalue weighted by Gasteiger charge is 2.23. The lowest BCUT2D eigenvalue weighted by Crippen LogP contribution is -2.39. The van der Waals surface area contributed by atoms with E-state index in [0.717, 1.165) is 25.9 Å². The zero-order valence-electron chi connectivity index (χ0n) is 11.6. The second kappa shape index (κ2) is 5.81. The fourth-order valence-electron chi connectivity index (χ4n) is 2.41. The van der Waals surface area contributed by atoms with Gasteiger partial charge in [0.15, 0.2) is 0 Å². The van der Waals surface area contributed by atoms with Gasteiger partial charge in [0.05, 0.1) is 16.9 Å². The quantitative estimate of drug-likeness (QED) is 0.708. The Labute approximate surface area is 118 Å². The Balaban J connectivity index is 2.11. The zero-order chi connectivity index (χ0) is 14.7. The molecule has 108 valence electrons. The van der Waals surface area contributed by atoms with Crippen molar-refractivity contribution in [2.45, 2.75) is 25.8 Å². The number of nitrogens with two attached hydrogens (primary N) is 2. The normalized spacial score (nSPS) is 15.9. The molecule has 1 atom stereocenters. The van der Waals surface area contributed by atoms with Gasteiger partial charge in [-0.25, -0.2) is 0 Å². The summed E-state index contributed by atoms with van der Waals surface area (Å²) in [4.78, 5) is 25.3. The Bertz CT molecular complexity index is 524. The Hall–Kier alpha value is -2.24. The third kappa shape index (κ3) is 2.84. The summed E-state index contributed by atoms with van der Waals surface area (Å²) in [6, 6.07) is 4.59. The van der Waals surface area contributed by atoms with Crippen LogP contribution in [0.1, 0.15) is 30.1 Å². The summed E-state index contributed by atoms with van der Waals surface area (Å²) in [5.41, 5.74) is 12.2. The van der Waals surface area contributed by atoms with Gasteiger partial charge in [-0.1, -0.05) is 6.07 Å². The Morgan fingerprint density at radius 2 is 1.95 bits per heavy atom. The highest BCUT2D eigenvalue weighted by molar-refractivity contribution is 6.01. The van der Waals surface area contributed by atoms with E-state index in [9.17, 15) is 9.59 Å². The van der Waals surface area contributed by atoms with Crippen LogP contribution in [0.15, 0.2) is 18.2 Å². The number of anilines is 2. The molecule has 1 aromatic rings. The molecule has 20 heavy (non-hydrogen) atoms. The number of amides is 2. The van der Waals surface area contributed by atoms with Crippen molar-refractivity contribution in [3.8, 4) is 0 Å². The van der Waals surface area contributed by atoms with E-state index in [-0.39, 0.29) is 17.2 Å². The summed E-state index contributed by atoms with van der Waals surface area (Å²) >= 11 is 0. The minimum Gasteiger partial charge on any atom is -0.396 e. The van der Waals surface area contributed by atoms with Crippen molar-refractivity contribution < 1.29 is 9.59 Å². The molecule has 1 heterocycles. The van der Waals surface area contributed by atoms with E-state index in [1.807, 2.05) is 4.90 Å². The van der Waals surface area contributed by atoms with Gasteiger partial charge in [0.1, 0.15) is 6.04 Å². The van der Waals surface area contributed by atoms with E-state index in [1.54, 1.807) is 25.1 Å². The largest absolute Gasteiger partial charge is 0.396 e. The molecular formula is C14H20N4O2. The second-order valence-electron chi connectivity index (χ2n) is 5.03. The van der Waals surface area contributed by atoms with E-state index >= 15 is 0 Å². The Morgan fingerprint density at radius 1 is 1.30 bits per heavy atom. The third-order valence-electron chi connectivity index (χ3n) is 3.53. The molecule has 6 heteroatoms. The lowest BCUT2D eigenvalue weighted by molar-refractivity contribution is -0.130. The Morgan fingerprint density at radius 3 is 2.55 bits per heavy atom. The van der Waals surface area contributed by atoms with Crippen LogP contribution in [0.25, 0.3) is 0 Å². The first-order valence-electron chi connectivity index (χ1n) is 6.74. The number of benzene rings is 1. The van der Waals surface area contributed by atoms with Crippen molar-refractivity contribution in [1.82, 2.24) is 4.90 Å². The first-order valence-corrected chi connectivity index (χ1v) is 6.74. The summed E-state index contributed by atoms with van der Waals surface area (Å²) < 4.78 is 0. The fourth-order valence-corrected chi connectivity index (χ4v) is 2.41. The van der Waals surface area contributed by atoms with Gasteiger partial charge in [-0.2, -0.15) is 0 Å². The number of rotatable bonds is 4. The van der Waals surface area contributed by atoms with Crippen LogP contribution in [-0.2, 0) is 4.79 Å². The number of likely N-dealkylation sites (tertiary alicyclic amines) is 1. The van der Waals surface area contributed by atoms with Crippen LogP contribution in [0.3, 0.4) is 0 Å². The maximum atomic E-state index is 12.2. The van der Waals surface area contributed by atoms with Crippen LogP contribution in [0.2, 0.25) is 0 Å². The molecular weight excluding hydrogens is 256 g/mol.